The zero-order valence-electron chi connectivity index (χ0n) is 19.5. The maximum Gasteiger partial charge on any atom is 0.248 e. The molecule has 0 saturated heterocycles. The van der Waals surface area contributed by atoms with Crippen LogP contribution in [0, 0.1) is 5.82 Å². The van der Waals surface area contributed by atoms with Gasteiger partial charge in [-0.2, -0.15) is 0 Å². The number of halogens is 2. The molecule has 0 radical (unpaired) electrons. The van der Waals surface area contributed by atoms with E-state index in [1.165, 1.54) is 6.07 Å². The Kier molecular flexibility index (Phi) is 6.80. The first-order valence-corrected chi connectivity index (χ1v) is 11.8. The Hall–Kier alpha value is -4.34. The van der Waals surface area contributed by atoms with Crippen LogP contribution < -0.4 is 16.4 Å². The molecule has 1 amide bonds. The van der Waals surface area contributed by atoms with E-state index in [9.17, 15) is 9.90 Å². The van der Waals surface area contributed by atoms with Crippen LogP contribution in [0.4, 0.5) is 21.7 Å². The molecule has 0 atom stereocenters. The number of rotatable bonds is 7. The first kappa shape index (κ1) is 24.4. The lowest BCUT2D eigenvalue weighted by Crippen LogP contribution is -2.14. The van der Waals surface area contributed by atoms with Crippen LogP contribution in [0.2, 0.25) is 5.02 Å². The third kappa shape index (κ3) is 5.00. The molecule has 0 fully saturated rings. The van der Waals surface area contributed by atoms with Crippen LogP contribution >= 0.6 is 11.6 Å². The van der Waals surface area contributed by atoms with Gasteiger partial charge in [-0.05, 0) is 48.5 Å². The third-order valence-electron chi connectivity index (χ3n) is 5.87. The molecule has 8 nitrogen and oxygen atoms in total. The maximum absolute atomic E-state index is 15.2. The lowest BCUT2D eigenvalue weighted by Gasteiger charge is -2.16. The molecule has 3 aromatic carbocycles. The summed E-state index contributed by atoms with van der Waals surface area (Å²) in [6, 6.07) is 16.7. The van der Waals surface area contributed by atoms with Gasteiger partial charge in [-0.3, -0.25) is 9.79 Å². The highest BCUT2D eigenvalue weighted by Gasteiger charge is 2.25. The number of aromatic nitrogens is 2. The quantitative estimate of drug-likeness (QED) is 0.286. The smallest absolute Gasteiger partial charge is 0.248 e. The van der Waals surface area contributed by atoms with Gasteiger partial charge in [-0.15, -0.1) is 0 Å². The molecule has 0 bridgehead atoms. The molecule has 0 spiro atoms. The molecule has 0 unspecified atom stereocenters. The van der Waals surface area contributed by atoms with Crippen molar-refractivity contribution in [3.05, 3.63) is 100.0 Å². The summed E-state index contributed by atoms with van der Waals surface area (Å²) in [6.07, 6.45) is 1.68. The fraction of sp³-hybridized carbons (Fsp3) is 0.111. The molecular formula is C27H22ClFN6O2. The topological polar surface area (TPSA) is 126 Å². The number of aliphatic hydroxyl groups excluding tert-OH is 1. The lowest BCUT2D eigenvalue weighted by molar-refractivity contribution is 0.100. The number of fused-ring (bicyclic) bond motifs is 3. The predicted molar refractivity (Wildman–Crippen MR) is 142 cm³/mol. The van der Waals surface area contributed by atoms with Crippen molar-refractivity contribution < 1.29 is 14.3 Å². The molecule has 1 aromatic heterocycles. The summed E-state index contributed by atoms with van der Waals surface area (Å²) in [5.41, 5.74) is 10.4. The average molecular weight is 517 g/mol. The van der Waals surface area contributed by atoms with Crippen LogP contribution in [0.15, 0.2) is 71.9 Å². The number of carbonyl (C=O) groups is 1. The SMILES string of the molecule is NC(=O)c1ccc(Nc2ncc3c(n2)-c2ccc(Cl)cc2C(c2c(F)cccc2NCCO)=NC3)cc1. The normalized spacial score (nSPS) is 12.1. The molecule has 10 heteroatoms. The van der Waals surface area contributed by atoms with E-state index in [-0.39, 0.29) is 25.3 Å². The van der Waals surface area contributed by atoms with E-state index in [1.54, 1.807) is 54.7 Å². The number of nitrogens with one attached hydrogen (secondary N) is 2. The van der Waals surface area contributed by atoms with Crippen molar-refractivity contribution in [1.82, 2.24) is 9.97 Å². The number of anilines is 3. The monoisotopic (exact) mass is 516 g/mol. The van der Waals surface area contributed by atoms with Gasteiger partial charge in [-0.25, -0.2) is 14.4 Å². The maximum atomic E-state index is 15.2. The van der Waals surface area contributed by atoms with Crippen molar-refractivity contribution in [2.75, 3.05) is 23.8 Å². The zero-order chi connectivity index (χ0) is 25.9. The second-order valence-electron chi connectivity index (χ2n) is 8.30. The van der Waals surface area contributed by atoms with Gasteiger partial charge in [0.25, 0.3) is 0 Å². The molecule has 186 valence electrons. The van der Waals surface area contributed by atoms with Crippen molar-refractivity contribution in [3.8, 4) is 11.3 Å². The van der Waals surface area contributed by atoms with Crippen LogP contribution in [0.1, 0.15) is 27.0 Å². The Morgan fingerprint density at radius 1 is 1.11 bits per heavy atom. The molecular weight excluding hydrogens is 495 g/mol. The van der Waals surface area contributed by atoms with Crippen LogP contribution in [0.5, 0.6) is 0 Å². The summed E-state index contributed by atoms with van der Waals surface area (Å²) in [4.78, 5) is 25.3. The second kappa shape index (κ2) is 10.3. The number of nitrogens with two attached hydrogens (primary N) is 1. The molecule has 2 heterocycles. The molecule has 0 aliphatic carbocycles. The Morgan fingerprint density at radius 3 is 2.68 bits per heavy atom. The minimum atomic E-state index is -0.511. The van der Waals surface area contributed by atoms with Crippen molar-refractivity contribution in [3.63, 3.8) is 0 Å². The minimum Gasteiger partial charge on any atom is -0.395 e. The average Bonchev–Trinajstić information content (AvgIpc) is 3.04. The van der Waals surface area contributed by atoms with Crippen LogP contribution in [-0.2, 0) is 6.54 Å². The summed E-state index contributed by atoms with van der Waals surface area (Å²) < 4.78 is 15.2. The molecule has 1 aliphatic heterocycles. The summed E-state index contributed by atoms with van der Waals surface area (Å²) in [6.45, 7) is 0.374. The molecule has 5 N–H and O–H groups in total. The summed E-state index contributed by atoms with van der Waals surface area (Å²) in [7, 11) is 0. The molecule has 4 aromatic rings. The highest BCUT2D eigenvalue weighted by molar-refractivity contribution is 6.32. The van der Waals surface area contributed by atoms with Gasteiger partial charge in [0.2, 0.25) is 11.9 Å². The first-order chi connectivity index (χ1) is 17.9. The van der Waals surface area contributed by atoms with Gasteiger partial charge in [0.15, 0.2) is 0 Å². The number of amides is 1. The van der Waals surface area contributed by atoms with E-state index in [4.69, 9.17) is 27.3 Å². The number of aliphatic imine (C=N–C) groups is 1. The van der Waals surface area contributed by atoms with Crippen molar-refractivity contribution in [1.29, 1.82) is 0 Å². The Labute approximate surface area is 217 Å². The number of primary amides is 1. The molecule has 5 rings (SSSR count). The summed E-state index contributed by atoms with van der Waals surface area (Å²) >= 11 is 6.37. The Bertz CT molecular complexity index is 1520. The van der Waals surface area contributed by atoms with E-state index in [0.717, 1.165) is 11.1 Å². The Balaban J connectivity index is 1.58. The van der Waals surface area contributed by atoms with Gasteiger partial charge in [0, 0.05) is 51.4 Å². The standard InChI is InChI=1S/C27H22ClFN6O2/c28-17-6-9-19-20(12-17)25(23-21(29)2-1-3-22(23)31-10-11-36)32-13-16-14-33-27(35-24(16)19)34-18-7-4-15(5-8-18)26(30)37/h1-9,12,14,31,36H,10-11,13H2,(H2,30,37)(H,33,34,35). The molecule has 1 aliphatic rings. The van der Waals surface area contributed by atoms with Gasteiger partial charge >= 0.3 is 0 Å². The fourth-order valence-electron chi connectivity index (χ4n) is 4.15. The lowest BCUT2D eigenvalue weighted by atomic mass is 9.94. The number of hydrogen-bond donors (Lipinski definition) is 4. The van der Waals surface area contributed by atoms with E-state index < -0.39 is 11.7 Å². The molecule has 0 saturated carbocycles. The molecule has 37 heavy (non-hydrogen) atoms. The number of carbonyl (C=O) groups excluding carboxylic acids is 1. The van der Waals surface area contributed by atoms with Crippen LogP contribution in [0.25, 0.3) is 11.3 Å². The highest BCUT2D eigenvalue weighted by atomic mass is 35.5. The van der Waals surface area contributed by atoms with Crippen molar-refractivity contribution in [2.45, 2.75) is 6.54 Å². The Morgan fingerprint density at radius 2 is 1.92 bits per heavy atom. The number of benzene rings is 3. The van der Waals surface area contributed by atoms with Crippen molar-refractivity contribution >= 4 is 40.5 Å². The van der Waals surface area contributed by atoms with Gasteiger partial charge < -0.3 is 21.5 Å². The number of aliphatic hydroxyl groups is 1. The second-order valence-corrected chi connectivity index (χ2v) is 8.74. The predicted octanol–water partition coefficient (Wildman–Crippen LogP) is 4.53. The van der Waals surface area contributed by atoms with E-state index >= 15 is 4.39 Å². The zero-order valence-corrected chi connectivity index (χ0v) is 20.3. The highest BCUT2D eigenvalue weighted by Crippen LogP contribution is 2.35. The van der Waals surface area contributed by atoms with Crippen LogP contribution in [-0.4, -0.2) is 39.8 Å². The van der Waals surface area contributed by atoms with E-state index in [0.29, 0.717) is 44.9 Å². The van der Waals surface area contributed by atoms with Gasteiger partial charge in [0.05, 0.1) is 30.1 Å². The largest absolute Gasteiger partial charge is 0.395 e. The van der Waals surface area contributed by atoms with Gasteiger partial charge in [-0.1, -0.05) is 23.7 Å². The van der Waals surface area contributed by atoms with E-state index in [2.05, 4.69) is 15.6 Å². The van der Waals surface area contributed by atoms with Crippen LogP contribution in [0.3, 0.4) is 0 Å². The summed E-state index contributed by atoms with van der Waals surface area (Å²) in [5.74, 6) is -0.624. The first-order valence-electron chi connectivity index (χ1n) is 11.5. The fourth-order valence-corrected chi connectivity index (χ4v) is 4.32. The van der Waals surface area contributed by atoms with Gasteiger partial charge in [0.1, 0.15) is 5.82 Å². The third-order valence-corrected chi connectivity index (χ3v) is 6.10. The van der Waals surface area contributed by atoms with Crippen molar-refractivity contribution in [2.24, 2.45) is 10.7 Å². The minimum absolute atomic E-state index is 0.104. The summed E-state index contributed by atoms with van der Waals surface area (Å²) in [5, 5.41) is 16.0. The number of nitrogens with zero attached hydrogens (tertiary/aromatic N) is 3. The number of hydrogen-bond acceptors (Lipinski definition) is 7. The van der Waals surface area contributed by atoms with E-state index in [1.807, 2.05) is 6.07 Å².